The van der Waals surface area contributed by atoms with Crippen LogP contribution in [0.25, 0.3) is 0 Å². The molecule has 0 spiro atoms. The lowest BCUT2D eigenvalue weighted by atomic mass is 9.86. The Morgan fingerprint density at radius 3 is 2.64 bits per heavy atom. The summed E-state index contributed by atoms with van der Waals surface area (Å²) in [6.45, 7) is 2.67. The zero-order chi connectivity index (χ0) is 17.6. The number of H-pyrrole nitrogens is 1. The first kappa shape index (κ1) is 16.0. The highest BCUT2D eigenvalue weighted by Gasteiger charge is 2.43. The quantitative estimate of drug-likeness (QED) is 0.932. The standard InChI is InChI=1S/C19H20FN3O2/c1-11-21-17(8-18(24)22-11)15-10-23(19(25)12-6-7-12)9-14(15)13-4-2-3-5-16(13)20/h2-5,8,12,14-15H,6-7,9-10H2,1H3,(H,21,22,24)/t14-,15+/m0/s1. The third-order valence-corrected chi connectivity index (χ3v) is 5.12. The molecule has 1 N–H and O–H groups in total. The summed E-state index contributed by atoms with van der Waals surface area (Å²) >= 11 is 0. The van der Waals surface area contributed by atoms with Crippen LogP contribution in [-0.4, -0.2) is 33.9 Å². The molecule has 2 heterocycles. The number of benzene rings is 1. The van der Waals surface area contributed by atoms with E-state index in [4.69, 9.17) is 0 Å². The van der Waals surface area contributed by atoms with Gasteiger partial charge in [-0.05, 0) is 31.4 Å². The summed E-state index contributed by atoms with van der Waals surface area (Å²) in [5, 5.41) is 0. The first-order valence-corrected chi connectivity index (χ1v) is 8.64. The Bertz CT molecular complexity index is 875. The van der Waals surface area contributed by atoms with Gasteiger partial charge in [-0.2, -0.15) is 0 Å². The Balaban J connectivity index is 1.73. The molecule has 0 radical (unpaired) electrons. The number of aryl methyl sites for hydroxylation is 1. The molecule has 6 heteroatoms. The molecule has 2 fully saturated rings. The van der Waals surface area contributed by atoms with Crippen molar-refractivity contribution in [3.63, 3.8) is 0 Å². The molecule has 1 saturated heterocycles. The zero-order valence-corrected chi connectivity index (χ0v) is 14.0. The molecule has 4 rings (SSSR count). The smallest absolute Gasteiger partial charge is 0.251 e. The third kappa shape index (κ3) is 3.08. The fourth-order valence-corrected chi connectivity index (χ4v) is 3.76. The molecule has 25 heavy (non-hydrogen) atoms. The normalized spacial score (nSPS) is 23.0. The number of amides is 1. The predicted octanol–water partition coefficient (Wildman–Crippen LogP) is 2.34. The van der Waals surface area contributed by atoms with Crippen molar-refractivity contribution in [2.75, 3.05) is 13.1 Å². The second-order valence-corrected chi connectivity index (χ2v) is 7.01. The first-order chi connectivity index (χ1) is 12.0. The van der Waals surface area contributed by atoms with E-state index in [-0.39, 0.29) is 35.0 Å². The van der Waals surface area contributed by atoms with Gasteiger partial charge < -0.3 is 9.88 Å². The van der Waals surface area contributed by atoms with E-state index < -0.39 is 0 Å². The number of hydrogen-bond donors (Lipinski definition) is 1. The molecule has 0 unspecified atom stereocenters. The highest BCUT2D eigenvalue weighted by atomic mass is 19.1. The number of aromatic amines is 1. The van der Waals surface area contributed by atoms with Gasteiger partial charge in [0.1, 0.15) is 11.6 Å². The molecule has 1 saturated carbocycles. The predicted molar refractivity (Wildman–Crippen MR) is 90.8 cm³/mol. The number of rotatable bonds is 3. The average Bonchev–Trinajstić information content (AvgIpc) is 3.32. The van der Waals surface area contributed by atoms with Crippen LogP contribution in [-0.2, 0) is 4.79 Å². The van der Waals surface area contributed by atoms with Crippen molar-refractivity contribution in [1.82, 2.24) is 14.9 Å². The molecule has 1 amide bonds. The van der Waals surface area contributed by atoms with E-state index in [0.717, 1.165) is 12.8 Å². The first-order valence-electron chi connectivity index (χ1n) is 8.64. The van der Waals surface area contributed by atoms with Crippen molar-refractivity contribution >= 4 is 5.91 Å². The van der Waals surface area contributed by atoms with Crippen molar-refractivity contribution in [2.45, 2.75) is 31.6 Å². The molecule has 130 valence electrons. The molecule has 1 aliphatic heterocycles. The maximum atomic E-state index is 14.4. The van der Waals surface area contributed by atoms with Gasteiger partial charge in [0.25, 0.3) is 5.56 Å². The summed E-state index contributed by atoms with van der Waals surface area (Å²) < 4.78 is 14.4. The minimum atomic E-state index is -0.278. The molecule has 5 nitrogen and oxygen atoms in total. The number of hydrogen-bond acceptors (Lipinski definition) is 3. The van der Waals surface area contributed by atoms with Gasteiger partial charge >= 0.3 is 0 Å². The van der Waals surface area contributed by atoms with Gasteiger partial charge in [0.15, 0.2) is 0 Å². The van der Waals surface area contributed by atoms with Crippen LogP contribution in [0.3, 0.4) is 0 Å². The summed E-state index contributed by atoms with van der Waals surface area (Å²) in [6, 6.07) is 8.13. The minimum absolute atomic E-state index is 0.119. The topological polar surface area (TPSA) is 66.1 Å². The lowest BCUT2D eigenvalue weighted by Gasteiger charge is -2.18. The van der Waals surface area contributed by atoms with Crippen molar-refractivity contribution in [3.8, 4) is 0 Å². The van der Waals surface area contributed by atoms with Crippen LogP contribution in [0.2, 0.25) is 0 Å². The SMILES string of the molecule is Cc1nc([C@@H]2CN(C(=O)C3CC3)C[C@H]2c2ccccc2F)cc(=O)[nH]1. The Morgan fingerprint density at radius 2 is 1.96 bits per heavy atom. The summed E-state index contributed by atoms with van der Waals surface area (Å²) in [7, 11) is 0. The summed E-state index contributed by atoms with van der Waals surface area (Å²) in [5.74, 6) is 0.138. The van der Waals surface area contributed by atoms with Gasteiger partial charge in [-0.15, -0.1) is 0 Å². The van der Waals surface area contributed by atoms with Gasteiger partial charge in [0.05, 0.1) is 5.69 Å². The van der Waals surface area contributed by atoms with Crippen molar-refractivity contribution in [1.29, 1.82) is 0 Å². The van der Waals surface area contributed by atoms with E-state index in [1.54, 1.807) is 25.1 Å². The van der Waals surface area contributed by atoms with Crippen LogP contribution in [0, 0.1) is 18.7 Å². The van der Waals surface area contributed by atoms with Crippen molar-refractivity contribution < 1.29 is 9.18 Å². The number of carbonyl (C=O) groups excluding carboxylic acids is 1. The Kier molecular flexibility index (Phi) is 3.90. The van der Waals surface area contributed by atoms with Crippen LogP contribution in [0.15, 0.2) is 35.1 Å². The Hall–Kier alpha value is -2.50. The highest BCUT2D eigenvalue weighted by Crippen LogP contribution is 2.42. The number of nitrogens with zero attached hydrogens (tertiary/aromatic N) is 2. The number of carbonyl (C=O) groups is 1. The second-order valence-electron chi connectivity index (χ2n) is 7.01. The van der Waals surface area contributed by atoms with Gasteiger partial charge in [-0.25, -0.2) is 9.37 Å². The number of halogens is 1. The van der Waals surface area contributed by atoms with E-state index in [2.05, 4.69) is 9.97 Å². The van der Waals surface area contributed by atoms with E-state index in [1.165, 1.54) is 12.1 Å². The molecule has 0 bridgehead atoms. The monoisotopic (exact) mass is 341 g/mol. The molecule has 1 aromatic heterocycles. The molecule has 2 aliphatic rings. The molecule has 1 aromatic carbocycles. The molecule has 1 aliphatic carbocycles. The second kappa shape index (κ2) is 6.10. The van der Waals surface area contributed by atoms with E-state index in [9.17, 15) is 14.0 Å². The van der Waals surface area contributed by atoms with Crippen LogP contribution < -0.4 is 5.56 Å². The Morgan fingerprint density at radius 1 is 1.24 bits per heavy atom. The van der Waals surface area contributed by atoms with E-state index in [0.29, 0.717) is 30.2 Å². The lowest BCUT2D eigenvalue weighted by molar-refractivity contribution is -0.131. The number of aromatic nitrogens is 2. The maximum absolute atomic E-state index is 14.4. The highest BCUT2D eigenvalue weighted by molar-refractivity contribution is 5.81. The van der Waals surface area contributed by atoms with E-state index in [1.807, 2.05) is 4.90 Å². The Labute approximate surface area is 144 Å². The maximum Gasteiger partial charge on any atom is 0.251 e. The number of likely N-dealkylation sites (tertiary alicyclic amines) is 1. The van der Waals surface area contributed by atoms with Crippen molar-refractivity contribution in [3.05, 3.63) is 63.6 Å². The molecule has 2 atom stereocenters. The number of nitrogens with one attached hydrogen (secondary N) is 1. The van der Waals surface area contributed by atoms with Crippen LogP contribution in [0.5, 0.6) is 0 Å². The minimum Gasteiger partial charge on any atom is -0.341 e. The third-order valence-electron chi connectivity index (χ3n) is 5.12. The average molecular weight is 341 g/mol. The van der Waals surface area contributed by atoms with Gasteiger partial charge in [-0.3, -0.25) is 9.59 Å². The molecule has 2 aromatic rings. The molecular weight excluding hydrogens is 321 g/mol. The van der Waals surface area contributed by atoms with E-state index >= 15 is 0 Å². The van der Waals surface area contributed by atoms with Gasteiger partial charge in [-0.1, -0.05) is 18.2 Å². The summed E-state index contributed by atoms with van der Waals surface area (Å²) in [6.07, 6.45) is 1.87. The van der Waals surface area contributed by atoms with Crippen LogP contribution >= 0.6 is 0 Å². The lowest BCUT2D eigenvalue weighted by Crippen LogP contribution is -2.30. The fraction of sp³-hybridized carbons (Fsp3) is 0.421. The largest absolute Gasteiger partial charge is 0.341 e. The van der Waals surface area contributed by atoms with Crippen LogP contribution in [0.4, 0.5) is 4.39 Å². The fourth-order valence-electron chi connectivity index (χ4n) is 3.76. The summed E-state index contributed by atoms with van der Waals surface area (Å²) in [4.78, 5) is 33.3. The molecular formula is C19H20FN3O2. The van der Waals surface area contributed by atoms with Gasteiger partial charge in [0.2, 0.25) is 5.91 Å². The van der Waals surface area contributed by atoms with Crippen molar-refractivity contribution in [2.24, 2.45) is 5.92 Å². The summed E-state index contributed by atoms with van der Waals surface area (Å²) in [5.41, 5.74) is 0.987. The van der Waals surface area contributed by atoms with Crippen LogP contribution in [0.1, 0.15) is 41.8 Å². The van der Waals surface area contributed by atoms with Gasteiger partial charge in [0, 0.05) is 36.9 Å². The zero-order valence-electron chi connectivity index (χ0n) is 14.0.